The van der Waals surface area contributed by atoms with Crippen LogP contribution in [-0.4, -0.2) is 66.5 Å². The molecule has 1 atom stereocenters. The van der Waals surface area contributed by atoms with Gasteiger partial charge in [-0.1, -0.05) is 18.2 Å². The van der Waals surface area contributed by atoms with Crippen molar-refractivity contribution in [3.05, 3.63) is 59.7 Å². The number of carbonyl (C=O) groups is 3. The second-order valence-electron chi connectivity index (χ2n) is 9.40. The number of fused-ring (bicyclic) bond motifs is 1. The smallest absolute Gasteiger partial charge is 0.253 e. The number of hydrogen-bond acceptors (Lipinski definition) is 5. The summed E-state index contributed by atoms with van der Waals surface area (Å²) < 4.78 is 10.7. The Kier molecular flexibility index (Phi) is 6.88. The number of nitrogens with one attached hydrogen (secondary N) is 1. The van der Waals surface area contributed by atoms with Crippen LogP contribution in [0.3, 0.4) is 0 Å². The van der Waals surface area contributed by atoms with Crippen LogP contribution in [0.1, 0.15) is 52.8 Å². The fourth-order valence-electron chi connectivity index (χ4n) is 5.15. The van der Waals surface area contributed by atoms with E-state index < -0.39 is 6.04 Å². The maximum absolute atomic E-state index is 13.5. The Morgan fingerprint density at radius 3 is 2.26 bits per heavy atom. The summed E-state index contributed by atoms with van der Waals surface area (Å²) in [6, 6.07) is 13.6. The van der Waals surface area contributed by atoms with Gasteiger partial charge in [0.05, 0.1) is 0 Å². The second kappa shape index (κ2) is 10.4. The summed E-state index contributed by atoms with van der Waals surface area (Å²) in [6.45, 7) is 2.70. The number of nitrogens with zero attached hydrogens (tertiary/aromatic N) is 2. The van der Waals surface area contributed by atoms with Gasteiger partial charge in [-0.25, -0.2) is 0 Å². The molecule has 3 heterocycles. The number of likely N-dealkylation sites (tertiary alicyclic amines) is 2. The maximum atomic E-state index is 13.5. The van der Waals surface area contributed by atoms with Crippen LogP contribution in [0.15, 0.2) is 48.5 Å². The third kappa shape index (κ3) is 5.11. The van der Waals surface area contributed by atoms with E-state index in [1.165, 1.54) is 0 Å². The van der Waals surface area contributed by atoms with Crippen molar-refractivity contribution in [3.8, 4) is 11.5 Å². The van der Waals surface area contributed by atoms with Crippen molar-refractivity contribution in [2.45, 2.75) is 38.1 Å². The molecule has 0 radical (unpaired) electrons. The Balaban J connectivity index is 1.27. The zero-order valence-electron chi connectivity index (χ0n) is 19.8. The molecule has 35 heavy (non-hydrogen) atoms. The number of amides is 3. The molecule has 2 fully saturated rings. The van der Waals surface area contributed by atoms with Crippen LogP contribution in [-0.2, 0) is 4.79 Å². The highest BCUT2D eigenvalue weighted by molar-refractivity contribution is 5.98. The minimum atomic E-state index is -0.594. The predicted octanol–water partition coefficient (Wildman–Crippen LogP) is 3.08. The van der Waals surface area contributed by atoms with Gasteiger partial charge in [0.1, 0.15) is 6.04 Å². The van der Waals surface area contributed by atoms with Gasteiger partial charge >= 0.3 is 0 Å². The van der Waals surface area contributed by atoms with E-state index in [9.17, 15) is 14.4 Å². The number of ether oxygens (including phenoxy) is 2. The molecule has 2 saturated heterocycles. The Labute approximate surface area is 205 Å². The highest BCUT2D eigenvalue weighted by Gasteiger charge is 2.36. The van der Waals surface area contributed by atoms with E-state index in [4.69, 9.17) is 9.47 Å². The maximum Gasteiger partial charge on any atom is 0.253 e. The minimum Gasteiger partial charge on any atom is -0.454 e. The van der Waals surface area contributed by atoms with Gasteiger partial charge in [0.2, 0.25) is 12.7 Å². The summed E-state index contributed by atoms with van der Waals surface area (Å²) >= 11 is 0. The highest BCUT2D eigenvalue weighted by atomic mass is 16.7. The summed E-state index contributed by atoms with van der Waals surface area (Å²) in [5, 5.41) is 3.04. The fourth-order valence-corrected chi connectivity index (χ4v) is 5.15. The average molecular weight is 478 g/mol. The van der Waals surface area contributed by atoms with Crippen LogP contribution < -0.4 is 14.8 Å². The molecular weight excluding hydrogens is 446 g/mol. The Bertz CT molecular complexity index is 1080. The first-order valence-electron chi connectivity index (χ1n) is 12.4. The van der Waals surface area contributed by atoms with Gasteiger partial charge < -0.3 is 24.6 Å². The summed E-state index contributed by atoms with van der Waals surface area (Å²) in [7, 11) is 0. The average Bonchev–Trinajstić information content (AvgIpc) is 3.40. The Hall–Kier alpha value is -3.55. The number of carbonyl (C=O) groups excluding carboxylic acids is 3. The van der Waals surface area contributed by atoms with Crippen molar-refractivity contribution >= 4 is 17.7 Å². The van der Waals surface area contributed by atoms with Gasteiger partial charge in [-0.2, -0.15) is 0 Å². The van der Waals surface area contributed by atoms with Gasteiger partial charge in [0.15, 0.2) is 11.5 Å². The Morgan fingerprint density at radius 2 is 1.51 bits per heavy atom. The van der Waals surface area contributed by atoms with Crippen molar-refractivity contribution in [2.75, 3.05) is 33.0 Å². The number of benzene rings is 2. The van der Waals surface area contributed by atoms with E-state index in [0.29, 0.717) is 48.6 Å². The van der Waals surface area contributed by atoms with E-state index in [0.717, 1.165) is 32.4 Å². The van der Waals surface area contributed by atoms with Crippen LogP contribution in [0.2, 0.25) is 0 Å². The normalized spacial score (nSPS) is 18.7. The summed E-state index contributed by atoms with van der Waals surface area (Å²) in [5.41, 5.74) is 1.10. The number of piperidine rings is 2. The first-order valence-corrected chi connectivity index (χ1v) is 12.4. The predicted molar refractivity (Wildman–Crippen MR) is 129 cm³/mol. The van der Waals surface area contributed by atoms with Gasteiger partial charge in [-0.15, -0.1) is 0 Å². The largest absolute Gasteiger partial charge is 0.454 e. The molecule has 3 aliphatic rings. The van der Waals surface area contributed by atoms with E-state index >= 15 is 0 Å². The lowest BCUT2D eigenvalue weighted by atomic mass is 9.87. The van der Waals surface area contributed by atoms with Gasteiger partial charge in [-0.05, 0) is 68.4 Å². The molecule has 3 aliphatic heterocycles. The molecule has 0 bridgehead atoms. The molecule has 2 aromatic rings. The lowest BCUT2D eigenvalue weighted by Gasteiger charge is -2.38. The van der Waals surface area contributed by atoms with E-state index in [2.05, 4.69) is 5.32 Å². The summed E-state index contributed by atoms with van der Waals surface area (Å²) in [5.74, 6) is 0.899. The molecule has 1 N–H and O–H groups in total. The van der Waals surface area contributed by atoms with Gasteiger partial charge in [-0.3, -0.25) is 14.4 Å². The third-order valence-electron chi connectivity index (χ3n) is 7.17. The second-order valence-corrected chi connectivity index (χ2v) is 9.40. The van der Waals surface area contributed by atoms with Crippen molar-refractivity contribution in [2.24, 2.45) is 5.92 Å². The van der Waals surface area contributed by atoms with Crippen LogP contribution in [0.25, 0.3) is 0 Å². The van der Waals surface area contributed by atoms with Crippen molar-refractivity contribution < 1.29 is 23.9 Å². The van der Waals surface area contributed by atoms with Crippen molar-refractivity contribution in [1.29, 1.82) is 0 Å². The molecule has 3 amide bonds. The first-order chi connectivity index (χ1) is 17.1. The Morgan fingerprint density at radius 1 is 0.800 bits per heavy atom. The van der Waals surface area contributed by atoms with E-state index in [1.54, 1.807) is 30.3 Å². The summed E-state index contributed by atoms with van der Waals surface area (Å²) in [6.07, 6.45) is 4.41. The lowest BCUT2D eigenvalue weighted by Crippen LogP contribution is -2.55. The zero-order valence-corrected chi connectivity index (χ0v) is 19.8. The quantitative estimate of drug-likeness (QED) is 0.715. The molecule has 2 aromatic carbocycles. The van der Waals surface area contributed by atoms with Crippen LogP contribution >= 0.6 is 0 Å². The first kappa shape index (κ1) is 23.2. The van der Waals surface area contributed by atoms with Crippen molar-refractivity contribution in [1.82, 2.24) is 15.1 Å². The topological polar surface area (TPSA) is 88.2 Å². The highest BCUT2D eigenvalue weighted by Crippen LogP contribution is 2.33. The molecule has 8 nitrogen and oxygen atoms in total. The molecule has 0 aliphatic carbocycles. The van der Waals surface area contributed by atoms with E-state index in [1.807, 2.05) is 28.0 Å². The SMILES string of the molecule is O=C(NC(C(=O)N1CCCCC1)C1CCN(C(=O)c2ccc3c(c2)OCO3)CC1)c1ccccc1. The minimum absolute atomic E-state index is 0.00507. The van der Waals surface area contributed by atoms with Crippen LogP contribution in [0.5, 0.6) is 11.5 Å². The molecule has 0 aromatic heterocycles. The molecule has 184 valence electrons. The molecule has 8 heteroatoms. The number of hydrogen-bond donors (Lipinski definition) is 1. The molecule has 0 saturated carbocycles. The third-order valence-corrected chi connectivity index (χ3v) is 7.17. The van der Waals surface area contributed by atoms with Gasteiger partial charge in [0, 0.05) is 37.3 Å². The van der Waals surface area contributed by atoms with Gasteiger partial charge in [0.25, 0.3) is 11.8 Å². The lowest BCUT2D eigenvalue weighted by molar-refractivity contribution is -0.136. The monoisotopic (exact) mass is 477 g/mol. The molecular formula is C27H31N3O5. The van der Waals surface area contributed by atoms with E-state index in [-0.39, 0.29) is 30.4 Å². The standard InChI is InChI=1S/C27H31N3O5/c31-25(20-7-3-1-4-8-20)28-24(27(33)29-13-5-2-6-14-29)19-11-15-30(16-12-19)26(32)21-9-10-22-23(17-21)35-18-34-22/h1,3-4,7-10,17,19,24H,2,5-6,11-16,18H2,(H,28,31). The molecule has 0 spiro atoms. The summed E-state index contributed by atoms with van der Waals surface area (Å²) in [4.78, 5) is 43.3. The zero-order chi connectivity index (χ0) is 24.2. The van der Waals surface area contributed by atoms with Crippen molar-refractivity contribution in [3.63, 3.8) is 0 Å². The number of rotatable bonds is 5. The molecule has 1 unspecified atom stereocenters. The van der Waals surface area contributed by atoms with Crippen LogP contribution in [0.4, 0.5) is 0 Å². The molecule has 5 rings (SSSR count). The van der Waals surface area contributed by atoms with Crippen LogP contribution in [0, 0.1) is 5.92 Å². The fraction of sp³-hybridized carbons (Fsp3) is 0.444.